The Balaban J connectivity index is 2.29. The molecule has 3 N–H and O–H groups in total. The van der Waals surface area contributed by atoms with Crippen LogP contribution < -0.4 is 5.73 Å². The number of phenols is 1. The van der Waals surface area contributed by atoms with Crippen molar-refractivity contribution in [2.75, 3.05) is 0 Å². The zero-order valence-corrected chi connectivity index (χ0v) is 15.2. The van der Waals surface area contributed by atoms with Crippen LogP contribution in [0.5, 0.6) is 5.75 Å². The monoisotopic (exact) mass is 370 g/mol. The standard InChI is InChI=1S/C20H19ClN2O3/c1-3-15(19(22)25)18-11(2)23(17-9-8-14(24)10-16(17)18)20(26)12-4-6-13(21)7-5-12/h4-10,15,24H,3H2,1-2H3,(H2,22,25). The van der Waals surface area contributed by atoms with Crippen LogP contribution in [0.15, 0.2) is 42.5 Å². The SMILES string of the molecule is CCC(C(N)=O)c1c(C)n(C(=O)c2ccc(Cl)cc2)c2ccc(O)cc12. The third-order valence-corrected chi connectivity index (χ3v) is 4.88. The summed E-state index contributed by atoms with van der Waals surface area (Å²) in [6.07, 6.45) is 0.500. The van der Waals surface area contributed by atoms with E-state index in [9.17, 15) is 14.7 Å². The molecule has 26 heavy (non-hydrogen) atoms. The van der Waals surface area contributed by atoms with Crippen LogP contribution in [0, 0.1) is 6.92 Å². The maximum Gasteiger partial charge on any atom is 0.262 e. The highest BCUT2D eigenvalue weighted by molar-refractivity contribution is 6.30. The van der Waals surface area contributed by atoms with Gasteiger partial charge < -0.3 is 10.8 Å². The topological polar surface area (TPSA) is 85.3 Å². The summed E-state index contributed by atoms with van der Waals surface area (Å²) in [7, 11) is 0. The number of amides is 1. The van der Waals surface area contributed by atoms with Crippen molar-refractivity contribution in [1.82, 2.24) is 4.57 Å². The number of aromatic hydroxyl groups is 1. The molecule has 0 saturated heterocycles. The fourth-order valence-corrected chi connectivity index (χ4v) is 3.53. The first-order valence-electron chi connectivity index (χ1n) is 8.28. The third kappa shape index (κ3) is 2.95. The molecule has 1 amide bonds. The molecule has 0 fully saturated rings. The van der Waals surface area contributed by atoms with E-state index in [2.05, 4.69) is 0 Å². The van der Waals surface area contributed by atoms with Crippen molar-refractivity contribution < 1.29 is 14.7 Å². The van der Waals surface area contributed by atoms with Gasteiger partial charge in [0.2, 0.25) is 5.91 Å². The Labute approximate surface area is 156 Å². The van der Waals surface area contributed by atoms with Gasteiger partial charge in [0.25, 0.3) is 5.91 Å². The molecule has 1 atom stereocenters. The van der Waals surface area contributed by atoms with Gasteiger partial charge in [-0.2, -0.15) is 0 Å². The number of fused-ring (bicyclic) bond motifs is 1. The predicted molar refractivity (Wildman–Crippen MR) is 102 cm³/mol. The van der Waals surface area contributed by atoms with Gasteiger partial charge in [0.15, 0.2) is 0 Å². The number of benzene rings is 2. The largest absolute Gasteiger partial charge is 0.508 e. The highest BCUT2D eigenvalue weighted by Gasteiger charge is 2.27. The van der Waals surface area contributed by atoms with Crippen LogP contribution in [0.3, 0.4) is 0 Å². The number of rotatable bonds is 4. The Hall–Kier alpha value is -2.79. The van der Waals surface area contributed by atoms with Crippen LogP contribution >= 0.6 is 11.6 Å². The van der Waals surface area contributed by atoms with Crippen molar-refractivity contribution in [1.29, 1.82) is 0 Å². The second kappa shape index (κ2) is 6.84. The minimum absolute atomic E-state index is 0.0640. The number of nitrogens with zero attached hydrogens (tertiary/aromatic N) is 1. The molecule has 1 unspecified atom stereocenters. The number of carbonyl (C=O) groups is 2. The molecule has 0 spiro atoms. The van der Waals surface area contributed by atoms with Crippen molar-refractivity contribution in [2.24, 2.45) is 5.73 Å². The van der Waals surface area contributed by atoms with Crippen molar-refractivity contribution in [3.8, 4) is 5.75 Å². The Kier molecular flexibility index (Phi) is 4.74. The normalized spacial score (nSPS) is 12.3. The lowest BCUT2D eigenvalue weighted by Gasteiger charge is -2.12. The smallest absolute Gasteiger partial charge is 0.262 e. The van der Waals surface area contributed by atoms with Crippen LogP contribution in [0.4, 0.5) is 0 Å². The molecule has 1 aromatic heterocycles. The number of hydrogen-bond acceptors (Lipinski definition) is 3. The molecule has 3 rings (SSSR count). The lowest BCUT2D eigenvalue weighted by atomic mass is 9.93. The van der Waals surface area contributed by atoms with Crippen molar-refractivity contribution >= 4 is 34.3 Å². The molecule has 0 bridgehead atoms. The lowest BCUT2D eigenvalue weighted by Crippen LogP contribution is -2.22. The molecule has 1 heterocycles. The van der Waals surface area contributed by atoms with E-state index in [1.54, 1.807) is 47.9 Å². The summed E-state index contributed by atoms with van der Waals surface area (Å²) in [5.74, 6) is -1.18. The second-order valence-corrected chi connectivity index (χ2v) is 6.65. The summed E-state index contributed by atoms with van der Waals surface area (Å²) in [5, 5.41) is 11.1. The van der Waals surface area contributed by atoms with Crippen LogP contribution in [0.25, 0.3) is 10.9 Å². The van der Waals surface area contributed by atoms with Gasteiger partial charge in [-0.05, 0) is 61.4 Å². The van der Waals surface area contributed by atoms with E-state index in [0.717, 1.165) is 0 Å². The van der Waals surface area contributed by atoms with Gasteiger partial charge in [0, 0.05) is 21.7 Å². The number of halogens is 1. The molecule has 0 radical (unpaired) electrons. The van der Waals surface area contributed by atoms with Gasteiger partial charge in [-0.3, -0.25) is 14.2 Å². The second-order valence-electron chi connectivity index (χ2n) is 6.21. The highest BCUT2D eigenvalue weighted by Crippen LogP contribution is 2.35. The number of carbonyl (C=O) groups excluding carboxylic acids is 2. The molecule has 0 aliphatic rings. The Morgan fingerprint density at radius 1 is 1.19 bits per heavy atom. The molecule has 3 aromatic rings. The molecular formula is C20H19ClN2O3. The van der Waals surface area contributed by atoms with Crippen LogP contribution in [0.2, 0.25) is 5.02 Å². The first kappa shape index (κ1) is 18.0. The molecule has 134 valence electrons. The molecule has 6 heteroatoms. The number of phenolic OH excluding ortho intramolecular Hbond substituents is 1. The van der Waals surface area contributed by atoms with E-state index < -0.39 is 11.8 Å². The van der Waals surface area contributed by atoms with Gasteiger partial charge in [-0.15, -0.1) is 0 Å². The van der Waals surface area contributed by atoms with Gasteiger partial charge in [0.1, 0.15) is 5.75 Å². The maximum absolute atomic E-state index is 13.1. The minimum atomic E-state index is -0.543. The van der Waals surface area contributed by atoms with Crippen LogP contribution in [-0.4, -0.2) is 21.5 Å². The Morgan fingerprint density at radius 2 is 1.85 bits per heavy atom. The van der Waals surface area contributed by atoms with Crippen LogP contribution in [-0.2, 0) is 4.79 Å². The first-order chi connectivity index (χ1) is 12.3. The fraction of sp³-hybridized carbons (Fsp3) is 0.200. The van der Waals surface area contributed by atoms with Gasteiger partial charge in [-0.25, -0.2) is 0 Å². The van der Waals surface area contributed by atoms with Gasteiger partial charge in [0.05, 0.1) is 11.4 Å². The van der Waals surface area contributed by atoms with Crippen molar-refractivity contribution in [3.63, 3.8) is 0 Å². The van der Waals surface area contributed by atoms with Crippen molar-refractivity contribution in [2.45, 2.75) is 26.2 Å². The summed E-state index contributed by atoms with van der Waals surface area (Å²) in [4.78, 5) is 25.1. The zero-order chi connectivity index (χ0) is 19.0. The molecular weight excluding hydrogens is 352 g/mol. The van der Waals surface area contributed by atoms with Gasteiger partial charge in [-0.1, -0.05) is 18.5 Å². The highest BCUT2D eigenvalue weighted by atomic mass is 35.5. The average Bonchev–Trinajstić information content (AvgIpc) is 2.87. The lowest BCUT2D eigenvalue weighted by molar-refractivity contribution is -0.119. The van der Waals surface area contributed by atoms with Crippen LogP contribution in [0.1, 0.15) is 40.9 Å². The summed E-state index contributed by atoms with van der Waals surface area (Å²) in [5.41, 5.74) is 7.98. The number of hydrogen-bond donors (Lipinski definition) is 2. The Morgan fingerprint density at radius 3 is 2.42 bits per heavy atom. The minimum Gasteiger partial charge on any atom is -0.508 e. The van der Waals surface area contributed by atoms with E-state index in [-0.39, 0.29) is 11.7 Å². The molecule has 2 aromatic carbocycles. The summed E-state index contributed by atoms with van der Waals surface area (Å²) < 4.78 is 1.55. The summed E-state index contributed by atoms with van der Waals surface area (Å²) in [6, 6.07) is 11.4. The third-order valence-electron chi connectivity index (χ3n) is 4.63. The predicted octanol–water partition coefficient (Wildman–Crippen LogP) is 3.98. The quantitative estimate of drug-likeness (QED) is 0.728. The number of aromatic nitrogens is 1. The van der Waals surface area contributed by atoms with E-state index in [0.29, 0.717) is 39.2 Å². The molecule has 0 saturated carbocycles. The van der Waals surface area contributed by atoms with E-state index >= 15 is 0 Å². The molecule has 5 nitrogen and oxygen atoms in total. The fourth-order valence-electron chi connectivity index (χ4n) is 3.40. The average molecular weight is 371 g/mol. The van der Waals surface area contributed by atoms with Crippen molar-refractivity contribution in [3.05, 3.63) is 64.3 Å². The van der Waals surface area contributed by atoms with E-state index in [4.69, 9.17) is 17.3 Å². The van der Waals surface area contributed by atoms with Gasteiger partial charge >= 0.3 is 0 Å². The Bertz CT molecular complexity index is 1010. The summed E-state index contributed by atoms with van der Waals surface area (Å²) >= 11 is 5.91. The molecule has 0 aliphatic carbocycles. The molecule has 0 aliphatic heterocycles. The number of primary amides is 1. The number of nitrogens with two attached hydrogens (primary N) is 1. The zero-order valence-electron chi connectivity index (χ0n) is 14.5. The summed E-state index contributed by atoms with van der Waals surface area (Å²) in [6.45, 7) is 3.65. The first-order valence-corrected chi connectivity index (χ1v) is 8.66. The van der Waals surface area contributed by atoms with E-state index in [1.165, 1.54) is 6.07 Å². The maximum atomic E-state index is 13.1. The van der Waals surface area contributed by atoms with E-state index in [1.807, 2.05) is 6.92 Å².